The lowest BCUT2D eigenvalue weighted by atomic mass is 10.2. The Morgan fingerprint density at radius 1 is 1.33 bits per heavy atom. The monoisotopic (exact) mass is 240 g/mol. The molecule has 0 unspecified atom stereocenters. The summed E-state index contributed by atoms with van der Waals surface area (Å²) < 4.78 is 9.14. The predicted molar refractivity (Wildman–Crippen MR) is 53.0 cm³/mol. The van der Waals surface area contributed by atoms with Gasteiger partial charge in [0, 0.05) is 10.0 Å². The summed E-state index contributed by atoms with van der Waals surface area (Å²) in [6, 6.07) is 8.01. The molecule has 0 spiro atoms. The van der Waals surface area contributed by atoms with E-state index in [2.05, 4.69) is 24.7 Å². The van der Waals surface area contributed by atoms with Crippen LogP contribution in [-0.2, 0) is 0 Å². The van der Waals surface area contributed by atoms with Crippen LogP contribution in [0.5, 0.6) is 0 Å². The van der Waals surface area contributed by atoms with Crippen LogP contribution in [0.15, 0.2) is 34.9 Å². The van der Waals surface area contributed by atoms with Gasteiger partial charge in [-0.05, 0) is 12.1 Å². The standard InChI is InChI=1S/C8H5BrN2S/c9-7-3-1-2-6(4-7)8-5-10-12-11-8/h1-5H. The Kier molecular flexibility index (Phi) is 2.19. The molecule has 0 atom stereocenters. The van der Waals surface area contributed by atoms with E-state index in [1.54, 1.807) is 6.20 Å². The maximum absolute atomic E-state index is 4.14. The summed E-state index contributed by atoms with van der Waals surface area (Å²) >= 11 is 4.63. The van der Waals surface area contributed by atoms with E-state index in [1.807, 2.05) is 24.3 Å². The number of aromatic nitrogens is 2. The van der Waals surface area contributed by atoms with Crippen molar-refractivity contribution in [2.75, 3.05) is 0 Å². The van der Waals surface area contributed by atoms with E-state index in [0.29, 0.717) is 0 Å². The third-order valence-corrected chi connectivity index (χ3v) is 2.45. The van der Waals surface area contributed by atoms with Crippen LogP contribution in [0.1, 0.15) is 0 Å². The van der Waals surface area contributed by atoms with E-state index in [-0.39, 0.29) is 0 Å². The number of hydrogen-bond acceptors (Lipinski definition) is 3. The molecule has 0 aliphatic carbocycles. The van der Waals surface area contributed by atoms with Crippen molar-refractivity contribution >= 4 is 27.7 Å². The maximum Gasteiger partial charge on any atom is 0.104 e. The highest BCUT2D eigenvalue weighted by Gasteiger charge is 1.99. The van der Waals surface area contributed by atoms with E-state index in [4.69, 9.17) is 0 Å². The van der Waals surface area contributed by atoms with E-state index in [9.17, 15) is 0 Å². The van der Waals surface area contributed by atoms with Gasteiger partial charge >= 0.3 is 0 Å². The minimum absolute atomic E-state index is 0.932. The Balaban J connectivity index is 2.48. The molecule has 0 fully saturated rings. The quantitative estimate of drug-likeness (QED) is 0.767. The van der Waals surface area contributed by atoms with Gasteiger partial charge in [-0.15, -0.1) is 0 Å². The van der Waals surface area contributed by atoms with E-state index >= 15 is 0 Å². The zero-order valence-electron chi connectivity index (χ0n) is 6.07. The van der Waals surface area contributed by atoms with E-state index in [1.165, 1.54) is 11.7 Å². The Labute approximate surface area is 82.7 Å². The van der Waals surface area contributed by atoms with Gasteiger partial charge in [-0.25, -0.2) is 0 Å². The van der Waals surface area contributed by atoms with E-state index in [0.717, 1.165) is 15.7 Å². The van der Waals surface area contributed by atoms with Crippen LogP contribution in [0, 0.1) is 0 Å². The zero-order chi connectivity index (χ0) is 8.39. The van der Waals surface area contributed by atoms with Gasteiger partial charge in [0.1, 0.15) is 5.69 Å². The number of rotatable bonds is 1. The molecule has 0 saturated heterocycles. The fraction of sp³-hybridized carbons (Fsp3) is 0. The van der Waals surface area contributed by atoms with Gasteiger partial charge in [0.15, 0.2) is 0 Å². The molecule has 1 aromatic carbocycles. The highest BCUT2D eigenvalue weighted by Crippen LogP contribution is 2.20. The molecule has 2 nitrogen and oxygen atoms in total. The molecule has 0 bridgehead atoms. The summed E-state index contributed by atoms with van der Waals surface area (Å²) in [6.07, 6.45) is 1.77. The van der Waals surface area contributed by atoms with Crippen LogP contribution in [0.25, 0.3) is 11.3 Å². The van der Waals surface area contributed by atoms with Crippen LogP contribution in [0.2, 0.25) is 0 Å². The van der Waals surface area contributed by atoms with Gasteiger partial charge in [-0.2, -0.15) is 8.75 Å². The maximum atomic E-state index is 4.14. The fourth-order valence-corrected chi connectivity index (χ4v) is 1.77. The molecule has 0 amide bonds. The molecule has 0 saturated carbocycles. The second kappa shape index (κ2) is 3.33. The second-order valence-corrected chi connectivity index (χ2v) is 3.78. The molecule has 0 radical (unpaired) electrons. The summed E-state index contributed by atoms with van der Waals surface area (Å²) in [5.74, 6) is 0. The number of hydrogen-bond donors (Lipinski definition) is 0. The van der Waals surface area contributed by atoms with Crippen molar-refractivity contribution in [2.45, 2.75) is 0 Å². The highest BCUT2D eigenvalue weighted by atomic mass is 79.9. The van der Waals surface area contributed by atoms with Crippen molar-refractivity contribution < 1.29 is 0 Å². The molecule has 4 heteroatoms. The summed E-state index contributed by atoms with van der Waals surface area (Å²) in [5, 5.41) is 0. The minimum atomic E-state index is 0.932. The van der Waals surface area contributed by atoms with Crippen molar-refractivity contribution in [2.24, 2.45) is 0 Å². The summed E-state index contributed by atoms with van der Waals surface area (Å²) in [5.41, 5.74) is 2.03. The molecule has 2 aromatic rings. The first-order valence-electron chi connectivity index (χ1n) is 3.40. The molecule has 1 aromatic heterocycles. The lowest BCUT2D eigenvalue weighted by Crippen LogP contribution is -1.75. The molecule has 0 aliphatic rings. The molecule has 0 aliphatic heterocycles. The molecule has 60 valence electrons. The van der Waals surface area contributed by atoms with Crippen molar-refractivity contribution in [3.63, 3.8) is 0 Å². The van der Waals surface area contributed by atoms with Gasteiger partial charge < -0.3 is 0 Å². The Morgan fingerprint density at radius 2 is 2.25 bits per heavy atom. The number of halogens is 1. The third-order valence-electron chi connectivity index (χ3n) is 1.48. The number of nitrogens with zero attached hydrogens (tertiary/aromatic N) is 2. The summed E-state index contributed by atoms with van der Waals surface area (Å²) in [7, 11) is 0. The van der Waals surface area contributed by atoms with Crippen LogP contribution in [0.4, 0.5) is 0 Å². The van der Waals surface area contributed by atoms with Crippen LogP contribution in [0.3, 0.4) is 0 Å². The second-order valence-electron chi connectivity index (χ2n) is 2.30. The molecule has 0 N–H and O–H groups in total. The van der Waals surface area contributed by atoms with Crippen molar-refractivity contribution in [3.8, 4) is 11.3 Å². The lowest BCUT2D eigenvalue weighted by Gasteiger charge is -1.94. The SMILES string of the molecule is Brc1cccc(-c2cnsn2)c1. The highest BCUT2D eigenvalue weighted by molar-refractivity contribution is 9.10. The Morgan fingerprint density at radius 3 is 2.92 bits per heavy atom. The van der Waals surface area contributed by atoms with Crippen LogP contribution < -0.4 is 0 Å². The average Bonchev–Trinajstić information content (AvgIpc) is 2.56. The van der Waals surface area contributed by atoms with Gasteiger partial charge in [0.05, 0.1) is 17.9 Å². The lowest BCUT2D eigenvalue weighted by molar-refractivity contribution is 1.49. The summed E-state index contributed by atoms with van der Waals surface area (Å²) in [4.78, 5) is 0. The molecule has 2 rings (SSSR count). The van der Waals surface area contributed by atoms with Crippen molar-refractivity contribution in [3.05, 3.63) is 34.9 Å². The van der Waals surface area contributed by atoms with Crippen molar-refractivity contribution in [1.29, 1.82) is 0 Å². The summed E-state index contributed by atoms with van der Waals surface area (Å²) in [6.45, 7) is 0. The smallest absolute Gasteiger partial charge is 0.104 e. The number of benzene rings is 1. The molecular formula is C8H5BrN2S. The largest absolute Gasteiger partial charge is 0.181 e. The molecule has 1 heterocycles. The van der Waals surface area contributed by atoms with Crippen molar-refractivity contribution in [1.82, 2.24) is 8.75 Å². The van der Waals surface area contributed by atoms with Gasteiger partial charge in [-0.3, -0.25) is 0 Å². The predicted octanol–water partition coefficient (Wildman–Crippen LogP) is 2.97. The first-order valence-corrected chi connectivity index (χ1v) is 4.92. The van der Waals surface area contributed by atoms with Crippen LogP contribution >= 0.6 is 27.7 Å². The van der Waals surface area contributed by atoms with Crippen LogP contribution in [-0.4, -0.2) is 8.75 Å². The van der Waals surface area contributed by atoms with Gasteiger partial charge in [-0.1, -0.05) is 28.1 Å². The van der Waals surface area contributed by atoms with E-state index < -0.39 is 0 Å². The average molecular weight is 241 g/mol. The molecular weight excluding hydrogens is 236 g/mol. The fourth-order valence-electron chi connectivity index (χ4n) is 0.940. The first-order chi connectivity index (χ1) is 5.86. The third kappa shape index (κ3) is 1.54. The van der Waals surface area contributed by atoms with Gasteiger partial charge in [0.25, 0.3) is 0 Å². The Hall–Kier alpha value is -0.740. The zero-order valence-corrected chi connectivity index (χ0v) is 8.47. The first kappa shape index (κ1) is 7.89. The normalized spacial score (nSPS) is 10.1. The minimum Gasteiger partial charge on any atom is -0.181 e. The topological polar surface area (TPSA) is 25.8 Å². The molecule has 12 heavy (non-hydrogen) atoms. The van der Waals surface area contributed by atoms with Gasteiger partial charge in [0.2, 0.25) is 0 Å². The Bertz CT molecular complexity index is 372.